The molecule has 0 bridgehead atoms. The Kier molecular flexibility index (Phi) is 8.38. The predicted molar refractivity (Wildman–Crippen MR) is 134 cm³/mol. The minimum atomic E-state index is -0.349. The van der Waals surface area contributed by atoms with Gasteiger partial charge in [-0.05, 0) is 50.9 Å². The first kappa shape index (κ1) is 24.2. The molecule has 0 saturated heterocycles. The average Bonchev–Trinajstić information content (AvgIpc) is 3.19. The van der Waals surface area contributed by atoms with E-state index in [0.717, 1.165) is 36.3 Å². The summed E-state index contributed by atoms with van der Waals surface area (Å²) in [6.07, 6.45) is 2.21. The second-order valence-corrected chi connectivity index (χ2v) is 8.00. The number of fused-ring (bicyclic) bond motifs is 1. The van der Waals surface area contributed by atoms with Crippen molar-refractivity contribution >= 4 is 11.2 Å². The quantitative estimate of drug-likeness (QED) is 0.442. The van der Waals surface area contributed by atoms with Crippen molar-refractivity contribution in [2.45, 2.75) is 33.2 Å². The lowest BCUT2D eigenvalue weighted by Gasteiger charge is -2.05. The van der Waals surface area contributed by atoms with Gasteiger partial charge in [0.2, 0.25) is 0 Å². The molecule has 2 aromatic carbocycles. The van der Waals surface area contributed by atoms with Crippen LogP contribution in [-0.2, 0) is 33.5 Å². The lowest BCUT2D eigenvalue weighted by molar-refractivity contribution is 0.682. The summed E-state index contributed by atoms with van der Waals surface area (Å²) in [6.45, 7) is 6.54. The molecule has 0 saturated carbocycles. The van der Waals surface area contributed by atoms with E-state index >= 15 is 0 Å². The third-order valence-corrected chi connectivity index (χ3v) is 5.72. The average molecular weight is 448 g/mol. The highest BCUT2D eigenvalue weighted by molar-refractivity contribution is 5.70. The Morgan fingerprint density at radius 2 is 1.33 bits per heavy atom. The van der Waals surface area contributed by atoms with Gasteiger partial charge in [0, 0.05) is 20.6 Å². The zero-order chi connectivity index (χ0) is 23.8. The van der Waals surface area contributed by atoms with Gasteiger partial charge in [-0.2, -0.15) is 0 Å². The van der Waals surface area contributed by atoms with E-state index < -0.39 is 0 Å². The summed E-state index contributed by atoms with van der Waals surface area (Å²) in [4.78, 5) is 27.9. The highest BCUT2D eigenvalue weighted by Crippen LogP contribution is 2.09. The SMILES string of the molecule is CCn1c(C)nc2c1c(=O)n(C)c(=O)n2C.c1ccc(CCNCCc2ccccc2)cc1. The van der Waals surface area contributed by atoms with Crippen LogP contribution in [0, 0.1) is 6.92 Å². The van der Waals surface area contributed by atoms with Crippen molar-refractivity contribution in [2.75, 3.05) is 13.1 Å². The minimum absolute atomic E-state index is 0.291. The summed E-state index contributed by atoms with van der Waals surface area (Å²) < 4.78 is 4.32. The van der Waals surface area contributed by atoms with E-state index in [1.165, 1.54) is 22.7 Å². The van der Waals surface area contributed by atoms with E-state index in [4.69, 9.17) is 0 Å². The first-order chi connectivity index (χ1) is 15.9. The summed E-state index contributed by atoms with van der Waals surface area (Å²) in [7, 11) is 3.10. The van der Waals surface area contributed by atoms with Crippen LogP contribution in [0.25, 0.3) is 11.2 Å². The molecule has 1 N–H and O–H groups in total. The van der Waals surface area contributed by atoms with Crippen LogP contribution in [0.1, 0.15) is 23.9 Å². The number of aryl methyl sites for hydroxylation is 3. The molecule has 0 atom stereocenters. The third-order valence-electron chi connectivity index (χ3n) is 5.72. The Balaban J connectivity index is 0.000000186. The number of hydrogen-bond acceptors (Lipinski definition) is 4. The molecule has 4 rings (SSSR count). The molecular formula is C26H33N5O2. The van der Waals surface area contributed by atoms with Gasteiger partial charge in [0.25, 0.3) is 5.56 Å². The normalized spacial score (nSPS) is 10.8. The van der Waals surface area contributed by atoms with Gasteiger partial charge < -0.3 is 9.88 Å². The molecule has 33 heavy (non-hydrogen) atoms. The van der Waals surface area contributed by atoms with E-state index in [1.807, 2.05) is 18.4 Å². The largest absolute Gasteiger partial charge is 0.332 e. The fourth-order valence-corrected chi connectivity index (χ4v) is 3.82. The van der Waals surface area contributed by atoms with Gasteiger partial charge in [-0.3, -0.25) is 13.9 Å². The van der Waals surface area contributed by atoms with Crippen molar-refractivity contribution in [3.8, 4) is 0 Å². The number of hydrogen-bond donors (Lipinski definition) is 1. The maximum Gasteiger partial charge on any atom is 0.332 e. The van der Waals surface area contributed by atoms with Crippen LogP contribution >= 0.6 is 0 Å². The van der Waals surface area contributed by atoms with Crippen molar-refractivity contribution in [1.29, 1.82) is 0 Å². The zero-order valence-corrected chi connectivity index (χ0v) is 19.9. The number of nitrogens with zero attached hydrogens (tertiary/aromatic N) is 4. The summed E-state index contributed by atoms with van der Waals surface area (Å²) in [5.41, 5.74) is 3.11. The first-order valence-corrected chi connectivity index (χ1v) is 11.4. The van der Waals surface area contributed by atoms with Crippen LogP contribution < -0.4 is 16.6 Å². The highest BCUT2D eigenvalue weighted by atomic mass is 16.2. The van der Waals surface area contributed by atoms with Crippen molar-refractivity contribution in [3.63, 3.8) is 0 Å². The van der Waals surface area contributed by atoms with Crippen LogP contribution in [0.2, 0.25) is 0 Å². The topological polar surface area (TPSA) is 73.8 Å². The van der Waals surface area contributed by atoms with Crippen molar-refractivity contribution in [2.24, 2.45) is 14.1 Å². The molecule has 0 unspecified atom stereocenters. The van der Waals surface area contributed by atoms with Gasteiger partial charge in [-0.15, -0.1) is 0 Å². The van der Waals surface area contributed by atoms with Crippen LogP contribution in [0.5, 0.6) is 0 Å². The van der Waals surface area contributed by atoms with E-state index in [-0.39, 0.29) is 11.2 Å². The Morgan fingerprint density at radius 1 is 0.818 bits per heavy atom. The molecule has 0 fully saturated rings. The fourth-order valence-electron chi connectivity index (χ4n) is 3.82. The monoisotopic (exact) mass is 447 g/mol. The second-order valence-electron chi connectivity index (χ2n) is 8.00. The molecule has 0 amide bonds. The minimum Gasteiger partial charge on any atom is -0.323 e. The van der Waals surface area contributed by atoms with Gasteiger partial charge in [-0.1, -0.05) is 60.7 Å². The van der Waals surface area contributed by atoms with Crippen LogP contribution in [0.3, 0.4) is 0 Å². The third kappa shape index (κ3) is 5.87. The summed E-state index contributed by atoms with van der Waals surface area (Å²) in [5, 5.41) is 3.48. The molecular weight excluding hydrogens is 414 g/mol. The van der Waals surface area contributed by atoms with Crippen molar-refractivity contribution in [3.05, 3.63) is 98.5 Å². The molecule has 0 aliphatic rings. The van der Waals surface area contributed by atoms with E-state index in [1.54, 1.807) is 7.05 Å². The van der Waals surface area contributed by atoms with Crippen LogP contribution in [0.4, 0.5) is 0 Å². The molecule has 2 aromatic heterocycles. The van der Waals surface area contributed by atoms with Gasteiger partial charge in [0.1, 0.15) is 5.82 Å². The number of nitrogens with one attached hydrogen (secondary N) is 1. The Labute approximate surface area is 194 Å². The van der Waals surface area contributed by atoms with Crippen LogP contribution in [0.15, 0.2) is 70.3 Å². The van der Waals surface area contributed by atoms with E-state index in [9.17, 15) is 9.59 Å². The summed E-state index contributed by atoms with van der Waals surface area (Å²) >= 11 is 0. The molecule has 0 spiro atoms. The number of rotatable bonds is 7. The van der Waals surface area contributed by atoms with Gasteiger partial charge in [0.05, 0.1) is 0 Å². The van der Waals surface area contributed by atoms with Crippen molar-refractivity contribution < 1.29 is 0 Å². The molecule has 0 aliphatic heterocycles. The van der Waals surface area contributed by atoms with Gasteiger partial charge in [0.15, 0.2) is 11.2 Å². The lowest BCUT2D eigenvalue weighted by Crippen LogP contribution is -2.37. The molecule has 4 aromatic rings. The Hall–Kier alpha value is -3.45. The number of benzene rings is 2. The first-order valence-electron chi connectivity index (χ1n) is 11.4. The van der Waals surface area contributed by atoms with Crippen molar-refractivity contribution in [1.82, 2.24) is 24.0 Å². The maximum absolute atomic E-state index is 12.0. The zero-order valence-electron chi connectivity index (χ0n) is 19.9. The van der Waals surface area contributed by atoms with Gasteiger partial charge >= 0.3 is 5.69 Å². The number of aromatic nitrogens is 4. The fraction of sp³-hybridized carbons (Fsp3) is 0.346. The van der Waals surface area contributed by atoms with E-state index in [2.05, 4.69) is 71.0 Å². The Morgan fingerprint density at radius 3 is 1.82 bits per heavy atom. The molecule has 2 heterocycles. The lowest BCUT2D eigenvalue weighted by atomic mass is 10.1. The standard InChI is InChI=1S/C16H19N.C10H14N4O2/c1-3-7-15(8-4-1)11-13-17-14-12-16-9-5-2-6-10-16;1-5-14-6(2)11-8-7(14)9(15)13(4)10(16)12(8)3/h1-10,17H,11-14H2;5H2,1-4H3. The molecule has 0 radical (unpaired) electrons. The second kappa shape index (κ2) is 11.4. The smallest absolute Gasteiger partial charge is 0.323 e. The molecule has 174 valence electrons. The van der Waals surface area contributed by atoms with E-state index in [0.29, 0.717) is 17.7 Å². The number of imidazole rings is 1. The Bertz CT molecular complexity index is 1250. The highest BCUT2D eigenvalue weighted by Gasteiger charge is 2.15. The van der Waals surface area contributed by atoms with Crippen LogP contribution in [-0.4, -0.2) is 31.8 Å². The molecule has 7 heteroatoms. The van der Waals surface area contributed by atoms with Gasteiger partial charge in [-0.25, -0.2) is 9.78 Å². The summed E-state index contributed by atoms with van der Waals surface area (Å²) in [6, 6.07) is 21.2. The predicted octanol–water partition coefficient (Wildman–Crippen LogP) is 2.82. The molecule has 7 nitrogen and oxygen atoms in total. The maximum atomic E-state index is 12.0. The molecule has 0 aliphatic carbocycles. The summed E-state index contributed by atoms with van der Waals surface area (Å²) in [5.74, 6) is 0.746.